The first-order chi connectivity index (χ1) is 11.3. The summed E-state index contributed by atoms with van der Waals surface area (Å²) in [5.74, 6) is 0. The third-order valence-electron chi connectivity index (χ3n) is 2.82. The Morgan fingerprint density at radius 3 is 1.17 bits per heavy atom. The molecule has 0 atom stereocenters. The summed E-state index contributed by atoms with van der Waals surface area (Å²) in [6.07, 6.45) is 1.25. The van der Waals surface area contributed by atoms with Crippen LogP contribution in [0, 0.1) is 0 Å². The summed E-state index contributed by atoms with van der Waals surface area (Å²) >= 11 is 0. The van der Waals surface area contributed by atoms with Crippen molar-refractivity contribution in [3.8, 4) is 0 Å². The summed E-state index contributed by atoms with van der Waals surface area (Å²) in [6.45, 7) is 16.2. The fourth-order valence-corrected chi connectivity index (χ4v) is 2.12. The normalized spacial score (nSPS) is 8.39. The van der Waals surface area contributed by atoms with Crippen LogP contribution in [-0.4, -0.2) is 4.57 Å². The standard InChI is InChI=1S/C13H11N.C3H8.3C2H6/c1-14-12-8-4-2-6-10(12)11-7-3-5-9-13(11)14;1-3-2;3*1-2/h2-9H,1H3;3H2,1-2H3;3*1-2H3. The summed E-state index contributed by atoms with van der Waals surface area (Å²) in [5, 5.41) is 2.68. The van der Waals surface area contributed by atoms with Crippen LogP contribution < -0.4 is 0 Å². The van der Waals surface area contributed by atoms with E-state index in [0.717, 1.165) is 0 Å². The maximum Gasteiger partial charge on any atom is 0.0488 e. The Morgan fingerprint density at radius 1 is 0.609 bits per heavy atom. The molecule has 0 aliphatic rings. The maximum atomic E-state index is 2.24. The van der Waals surface area contributed by atoms with Crippen LogP contribution in [0.5, 0.6) is 0 Å². The van der Waals surface area contributed by atoms with Gasteiger partial charge in [-0.05, 0) is 12.1 Å². The van der Waals surface area contributed by atoms with Crippen molar-refractivity contribution in [2.45, 2.75) is 61.8 Å². The lowest BCUT2D eigenvalue weighted by molar-refractivity contribution is 1.01. The molecule has 2 aromatic carbocycles. The molecule has 0 bridgehead atoms. The molecule has 3 aromatic rings. The van der Waals surface area contributed by atoms with Gasteiger partial charge in [-0.25, -0.2) is 0 Å². The van der Waals surface area contributed by atoms with Crippen molar-refractivity contribution in [3.05, 3.63) is 48.5 Å². The van der Waals surface area contributed by atoms with E-state index in [1.54, 1.807) is 0 Å². The molecule has 0 fully saturated rings. The number of fused-ring (bicyclic) bond motifs is 3. The van der Waals surface area contributed by atoms with Crippen LogP contribution in [0.1, 0.15) is 61.8 Å². The largest absolute Gasteiger partial charge is 0.344 e. The first-order valence-electron chi connectivity index (χ1n) is 9.21. The molecule has 0 spiro atoms. The van der Waals surface area contributed by atoms with Crippen molar-refractivity contribution in [2.75, 3.05) is 0 Å². The second-order valence-electron chi connectivity index (χ2n) is 4.30. The van der Waals surface area contributed by atoms with Gasteiger partial charge in [-0.1, -0.05) is 98.2 Å². The number of para-hydroxylation sites is 2. The lowest BCUT2D eigenvalue weighted by atomic mass is 10.2. The van der Waals surface area contributed by atoms with Gasteiger partial charge >= 0.3 is 0 Å². The van der Waals surface area contributed by atoms with Gasteiger partial charge in [0.2, 0.25) is 0 Å². The second-order valence-corrected chi connectivity index (χ2v) is 4.30. The van der Waals surface area contributed by atoms with E-state index in [1.165, 1.54) is 28.2 Å². The SMILES string of the molecule is CC.CC.CC.CCC.Cn1c2ccccc2c2ccccc21. The van der Waals surface area contributed by atoms with Crippen LogP contribution in [0.4, 0.5) is 0 Å². The van der Waals surface area contributed by atoms with E-state index < -0.39 is 0 Å². The Kier molecular flexibility index (Phi) is 15.5. The number of hydrogen-bond donors (Lipinski definition) is 0. The molecule has 1 heteroatoms. The van der Waals surface area contributed by atoms with Crippen LogP contribution in [0.25, 0.3) is 21.8 Å². The molecule has 1 heterocycles. The van der Waals surface area contributed by atoms with E-state index in [1.807, 2.05) is 41.5 Å². The van der Waals surface area contributed by atoms with Gasteiger partial charge in [0.15, 0.2) is 0 Å². The molecule has 3 rings (SSSR count). The van der Waals surface area contributed by atoms with Crippen molar-refractivity contribution >= 4 is 21.8 Å². The quantitative estimate of drug-likeness (QED) is 0.398. The highest BCUT2D eigenvalue weighted by molar-refractivity contribution is 6.07. The van der Waals surface area contributed by atoms with Gasteiger partial charge in [-0.15, -0.1) is 0 Å². The topological polar surface area (TPSA) is 4.93 Å². The third-order valence-corrected chi connectivity index (χ3v) is 2.82. The van der Waals surface area contributed by atoms with Crippen molar-refractivity contribution in [1.82, 2.24) is 4.57 Å². The van der Waals surface area contributed by atoms with Gasteiger partial charge in [-0.2, -0.15) is 0 Å². The average Bonchev–Trinajstić information content (AvgIpc) is 2.94. The van der Waals surface area contributed by atoms with Gasteiger partial charge < -0.3 is 4.57 Å². The molecular weight excluding hydrogens is 278 g/mol. The molecule has 0 aliphatic heterocycles. The second kappa shape index (κ2) is 15.1. The highest BCUT2D eigenvalue weighted by Crippen LogP contribution is 2.26. The molecule has 0 saturated heterocycles. The number of hydrogen-bond acceptors (Lipinski definition) is 0. The summed E-state index contributed by atoms with van der Waals surface area (Å²) < 4.78 is 2.24. The molecule has 0 unspecified atom stereocenters. The lowest BCUT2D eigenvalue weighted by Crippen LogP contribution is -1.84. The highest BCUT2D eigenvalue weighted by atomic mass is 14.9. The minimum atomic E-state index is 1.25. The molecule has 130 valence electrons. The molecule has 23 heavy (non-hydrogen) atoms. The molecule has 0 radical (unpaired) electrons. The first kappa shape index (κ1) is 23.5. The van der Waals surface area contributed by atoms with E-state index in [9.17, 15) is 0 Å². The Hall–Kier alpha value is -1.76. The molecule has 0 saturated carbocycles. The van der Waals surface area contributed by atoms with Crippen LogP contribution in [0.2, 0.25) is 0 Å². The zero-order chi connectivity index (χ0) is 18.3. The van der Waals surface area contributed by atoms with Gasteiger partial charge in [0.05, 0.1) is 0 Å². The van der Waals surface area contributed by atoms with E-state index in [4.69, 9.17) is 0 Å². The molecule has 0 amide bonds. The summed E-state index contributed by atoms with van der Waals surface area (Å²) in [6, 6.07) is 17.0. The Morgan fingerprint density at radius 2 is 0.870 bits per heavy atom. The van der Waals surface area contributed by atoms with E-state index in [-0.39, 0.29) is 0 Å². The number of rotatable bonds is 0. The van der Waals surface area contributed by atoms with E-state index in [2.05, 4.69) is 74.0 Å². The molecule has 0 N–H and O–H groups in total. The molecule has 0 aliphatic carbocycles. The van der Waals surface area contributed by atoms with Crippen molar-refractivity contribution in [2.24, 2.45) is 7.05 Å². The fraction of sp³-hybridized carbons (Fsp3) is 0.455. The minimum absolute atomic E-state index is 1.25. The zero-order valence-corrected chi connectivity index (χ0v) is 16.8. The van der Waals surface area contributed by atoms with Crippen LogP contribution in [0.3, 0.4) is 0 Å². The predicted octanol–water partition coefficient (Wildman–Crippen LogP) is 7.83. The van der Waals surface area contributed by atoms with Crippen molar-refractivity contribution in [1.29, 1.82) is 0 Å². The Labute approximate surface area is 144 Å². The number of aryl methyl sites for hydroxylation is 1. The summed E-state index contributed by atoms with van der Waals surface area (Å²) in [4.78, 5) is 0. The van der Waals surface area contributed by atoms with Gasteiger partial charge in [-0.3, -0.25) is 0 Å². The monoisotopic (exact) mass is 315 g/mol. The van der Waals surface area contributed by atoms with Crippen LogP contribution in [0.15, 0.2) is 48.5 Å². The Bertz CT molecular complexity index is 567. The summed E-state index contributed by atoms with van der Waals surface area (Å²) in [7, 11) is 2.12. The molecule has 1 nitrogen and oxygen atoms in total. The lowest BCUT2D eigenvalue weighted by Gasteiger charge is -1.95. The van der Waals surface area contributed by atoms with Gasteiger partial charge in [0, 0.05) is 28.9 Å². The molecule has 1 aromatic heterocycles. The Balaban J connectivity index is 0. The third kappa shape index (κ3) is 6.48. The smallest absolute Gasteiger partial charge is 0.0488 e. The zero-order valence-electron chi connectivity index (χ0n) is 16.8. The highest BCUT2D eigenvalue weighted by Gasteiger charge is 2.04. The van der Waals surface area contributed by atoms with Crippen LogP contribution >= 0.6 is 0 Å². The van der Waals surface area contributed by atoms with Gasteiger partial charge in [0.25, 0.3) is 0 Å². The van der Waals surface area contributed by atoms with Gasteiger partial charge in [0.1, 0.15) is 0 Å². The minimum Gasteiger partial charge on any atom is -0.344 e. The number of benzene rings is 2. The van der Waals surface area contributed by atoms with E-state index >= 15 is 0 Å². The number of aromatic nitrogens is 1. The number of nitrogens with zero attached hydrogens (tertiary/aromatic N) is 1. The average molecular weight is 316 g/mol. The van der Waals surface area contributed by atoms with E-state index in [0.29, 0.717) is 0 Å². The maximum absolute atomic E-state index is 2.24. The summed E-state index contributed by atoms with van der Waals surface area (Å²) in [5.41, 5.74) is 2.60. The van der Waals surface area contributed by atoms with Crippen molar-refractivity contribution < 1.29 is 0 Å². The first-order valence-corrected chi connectivity index (χ1v) is 9.21. The van der Waals surface area contributed by atoms with Crippen molar-refractivity contribution in [3.63, 3.8) is 0 Å². The molecular formula is C22H37N. The predicted molar refractivity (Wildman–Crippen MR) is 110 cm³/mol. The van der Waals surface area contributed by atoms with Crippen LogP contribution in [-0.2, 0) is 7.05 Å². The fourth-order valence-electron chi connectivity index (χ4n) is 2.12.